The zero-order chi connectivity index (χ0) is 53.6. The molecular weight excluding hydrogens is 965 g/mol. The molecule has 8 heteroatoms. The Morgan fingerprint density at radius 3 is 1.37 bits per heavy atom. The number of hydrogen-bond acceptors (Lipinski definition) is 6. The summed E-state index contributed by atoms with van der Waals surface area (Å²) < 4.78 is 4.65. The Balaban J connectivity index is 1.10. The van der Waals surface area contributed by atoms with Gasteiger partial charge in [-0.1, -0.05) is 140 Å². The molecule has 13 rings (SSSR count). The predicted octanol–water partition coefficient (Wildman–Crippen LogP) is 17.3. The van der Waals surface area contributed by atoms with Gasteiger partial charge in [0, 0.05) is 38.2 Å². The predicted molar refractivity (Wildman–Crippen MR) is 319 cm³/mol. The summed E-state index contributed by atoms with van der Waals surface area (Å²) in [6, 6.07) is 81.5. The number of para-hydroxylation sites is 2. The molecule has 0 atom stereocenters. The van der Waals surface area contributed by atoms with Gasteiger partial charge in [0.15, 0.2) is 17.5 Å². The zero-order valence-corrected chi connectivity index (χ0v) is 43.5. The van der Waals surface area contributed by atoms with E-state index in [1.165, 1.54) is 5.56 Å². The van der Waals surface area contributed by atoms with Crippen LogP contribution < -0.4 is 0 Å². The number of benzene rings is 10. The molecule has 0 N–H and O–H groups in total. The summed E-state index contributed by atoms with van der Waals surface area (Å²) in [5, 5.41) is 34.1. The van der Waals surface area contributed by atoms with Crippen LogP contribution in [-0.2, 0) is 6.42 Å². The minimum atomic E-state index is 0.473. The van der Waals surface area contributed by atoms with Crippen molar-refractivity contribution >= 4 is 43.6 Å². The minimum absolute atomic E-state index is 0.473. The van der Waals surface area contributed by atoms with Crippen LogP contribution in [0.25, 0.3) is 123 Å². The minimum Gasteiger partial charge on any atom is -0.308 e. The van der Waals surface area contributed by atoms with Crippen molar-refractivity contribution in [2.45, 2.75) is 33.1 Å². The molecule has 3 aromatic heterocycles. The summed E-state index contributed by atoms with van der Waals surface area (Å²) in [5.41, 5.74) is 18.2. The van der Waals surface area contributed by atoms with Gasteiger partial charge in [-0.05, 0) is 156 Å². The molecule has 0 radical (unpaired) electrons. The number of fused-ring (bicyclic) bond motifs is 6. The number of nitriles is 3. The number of unbranched alkanes of at least 4 members (excludes halogenated alkanes) is 1. The van der Waals surface area contributed by atoms with Crippen molar-refractivity contribution in [3.05, 3.63) is 246 Å². The molecule has 0 amide bonds. The third-order valence-corrected chi connectivity index (χ3v) is 15.1. The maximum absolute atomic E-state index is 10.0. The molecule has 0 spiro atoms. The summed E-state index contributed by atoms with van der Waals surface area (Å²) in [6.45, 7) is 4.35. The van der Waals surface area contributed by atoms with E-state index in [1.54, 1.807) is 0 Å². The molecule has 0 unspecified atom stereocenters. The van der Waals surface area contributed by atoms with Crippen LogP contribution in [-0.4, -0.2) is 24.1 Å². The summed E-state index contributed by atoms with van der Waals surface area (Å²) in [7, 11) is 0. The van der Waals surface area contributed by atoms with Crippen molar-refractivity contribution in [2.75, 3.05) is 0 Å². The van der Waals surface area contributed by atoms with Crippen LogP contribution in [0.1, 0.15) is 47.6 Å². The van der Waals surface area contributed by atoms with Gasteiger partial charge in [-0.15, -0.1) is 0 Å². The van der Waals surface area contributed by atoms with Crippen molar-refractivity contribution in [2.24, 2.45) is 0 Å². The Kier molecular flexibility index (Phi) is 12.2. The van der Waals surface area contributed by atoms with Gasteiger partial charge in [-0.25, -0.2) is 15.0 Å². The smallest absolute Gasteiger partial charge is 0.166 e. The summed E-state index contributed by atoms with van der Waals surface area (Å²) in [5.74, 6) is 1.44. The van der Waals surface area contributed by atoms with Gasteiger partial charge in [-0.3, -0.25) is 0 Å². The first-order valence-electron chi connectivity index (χ1n) is 26.6. The standard InChI is InChI=1S/C71H48N8/c1-3-4-11-46-23-35-66-62(39-46)58-17-6-8-19-64(58)79(66)68-41-56(54-15-10-13-49(38-54)44-74)31-33-60(68)71-76-69(52-28-26-51(27-29-52)50-24-21-47(42-72)22-25-50)75-70(77-71)59-32-30-55(53-14-9-12-48(37-53)43-73)40-67(59)78-63-18-7-5-16-57(63)61-36-45(2)20-34-65(61)78/h5-10,12-41H,3-4,11H2,1-2H3. The summed E-state index contributed by atoms with van der Waals surface area (Å²) in [6.07, 6.45) is 3.21. The molecule has 0 saturated carbocycles. The van der Waals surface area contributed by atoms with Crippen LogP contribution >= 0.6 is 0 Å². The van der Waals surface area contributed by atoms with Crippen LogP contribution in [0.2, 0.25) is 0 Å². The zero-order valence-electron chi connectivity index (χ0n) is 43.5. The lowest BCUT2D eigenvalue weighted by Crippen LogP contribution is -2.06. The van der Waals surface area contributed by atoms with Crippen molar-refractivity contribution < 1.29 is 0 Å². The van der Waals surface area contributed by atoms with Gasteiger partial charge >= 0.3 is 0 Å². The molecule has 0 saturated heterocycles. The van der Waals surface area contributed by atoms with E-state index in [9.17, 15) is 15.8 Å². The van der Waals surface area contributed by atoms with Crippen LogP contribution in [0.15, 0.2) is 218 Å². The molecule has 0 aliphatic heterocycles. The Labute approximate surface area is 457 Å². The maximum Gasteiger partial charge on any atom is 0.166 e. The van der Waals surface area contributed by atoms with E-state index in [0.29, 0.717) is 34.2 Å². The van der Waals surface area contributed by atoms with Crippen molar-refractivity contribution in [1.82, 2.24) is 24.1 Å². The van der Waals surface area contributed by atoms with Crippen LogP contribution in [0.3, 0.4) is 0 Å². The highest BCUT2D eigenvalue weighted by Gasteiger charge is 2.24. The second kappa shape index (κ2) is 20.1. The third kappa shape index (κ3) is 8.72. The first-order valence-corrected chi connectivity index (χ1v) is 26.6. The van der Waals surface area contributed by atoms with E-state index < -0.39 is 0 Å². The number of aromatic nitrogens is 5. The monoisotopic (exact) mass is 1010 g/mol. The van der Waals surface area contributed by atoms with Gasteiger partial charge in [0.2, 0.25) is 0 Å². The molecule has 0 fully saturated rings. The molecule has 0 bridgehead atoms. The highest BCUT2D eigenvalue weighted by Crippen LogP contribution is 2.42. The van der Waals surface area contributed by atoms with Gasteiger partial charge in [0.05, 0.1) is 68.3 Å². The van der Waals surface area contributed by atoms with E-state index in [-0.39, 0.29) is 0 Å². The van der Waals surface area contributed by atoms with E-state index in [4.69, 9.17) is 15.0 Å². The molecule has 79 heavy (non-hydrogen) atoms. The van der Waals surface area contributed by atoms with Crippen molar-refractivity contribution in [3.63, 3.8) is 0 Å². The molecule has 3 heterocycles. The molecule has 13 aromatic rings. The Bertz CT molecular complexity index is 4690. The Hall–Kier alpha value is -10.7. The van der Waals surface area contributed by atoms with Gasteiger partial charge < -0.3 is 9.13 Å². The van der Waals surface area contributed by atoms with E-state index >= 15 is 0 Å². The van der Waals surface area contributed by atoms with Crippen molar-refractivity contribution in [1.29, 1.82) is 15.8 Å². The van der Waals surface area contributed by atoms with Crippen LogP contribution in [0.5, 0.6) is 0 Å². The van der Waals surface area contributed by atoms with E-state index in [0.717, 1.165) is 130 Å². The largest absolute Gasteiger partial charge is 0.308 e. The quantitative estimate of drug-likeness (QED) is 0.127. The van der Waals surface area contributed by atoms with E-state index in [1.807, 2.05) is 84.9 Å². The highest BCUT2D eigenvalue weighted by atomic mass is 15.1. The fraction of sp³-hybridized carbons (Fsp3) is 0.0704. The molecule has 0 aliphatic carbocycles. The van der Waals surface area contributed by atoms with Gasteiger partial charge in [0.25, 0.3) is 0 Å². The lowest BCUT2D eigenvalue weighted by molar-refractivity contribution is 0.796. The van der Waals surface area contributed by atoms with Gasteiger partial charge in [-0.2, -0.15) is 15.8 Å². The molecule has 372 valence electrons. The summed E-state index contributed by atoms with van der Waals surface area (Å²) >= 11 is 0. The Morgan fingerprint density at radius 1 is 0.367 bits per heavy atom. The molecule has 8 nitrogen and oxygen atoms in total. The third-order valence-electron chi connectivity index (χ3n) is 15.1. The number of hydrogen-bond donors (Lipinski definition) is 0. The van der Waals surface area contributed by atoms with Gasteiger partial charge in [0.1, 0.15) is 0 Å². The van der Waals surface area contributed by atoms with Crippen LogP contribution in [0.4, 0.5) is 0 Å². The van der Waals surface area contributed by atoms with E-state index in [2.05, 4.69) is 175 Å². The van der Waals surface area contributed by atoms with Crippen LogP contribution in [0, 0.1) is 40.9 Å². The number of nitrogens with zero attached hydrogens (tertiary/aromatic N) is 8. The lowest BCUT2D eigenvalue weighted by Gasteiger charge is -2.18. The number of rotatable bonds is 11. The van der Waals surface area contributed by atoms with Crippen molar-refractivity contribution in [3.8, 4) is 97.1 Å². The average molecular weight is 1010 g/mol. The highest BCUT2D eigenvalue weighted by molar-refractivity contribution is 6.11. The maximum atomic E-state index is 10.0. The first kappa shape index (κ1) is 48.0. The summed E-state index contributed by atoms with van der Waals surface area (Å²) in [4.78, 5) is 16.5. The Morgan fingerprint density at radius 2 is 0.823 bits per heavy atom. The second-order valence-electron chi connectivity index (χ2n) is 20.1. The molecule has 0 aliphatic rings. The SMILES string of the molecule is CCCCc1ccc2c(c1)c1ccccc1n2-c1cc(-c2cccc(C#N)c2)ccc1-c1nc(-c2ccc(-c3ccc(C#N)cc3)cc2)nc(-c2ccc(-c3cccc(C#N)c3)cc2-n2c3ccccc3c3cc(C)ccc32)n1. The molecule has 10 aromatic carbocycles. The number of aryl methyl sites for hydroxylation is 2. The topological polar surface area (TPSA) is 120 Å². The second-order valence-corrected chi connectivity index (χ2v) is 20.1. The fourth-order valence-corrected chi connectivity index (χ4v) is 11.2. The lowest BCUT2D eigenvalue weighted by atomic mass is 9.99. The fourth-order valence-electron chi connectivity index (χ4n) is 11.2. The molecular formula is C71H48N8. The first-order chi connectivity index (χ1) is 38.9. The average Bonchev–Trinajstić information content (AvgIpc) is 4.27. The normalized spacial score (nSPS) is 11.3.